The molecule has 1 amide bonds. The van der Waals surface area contributed by atoms with Gasteiger partial charge in [0.15, 0.2) is 0 Å². The standard InChI is InChI=1S/C29H51F2N5O2/c1-5-7-20-25-21(6-2)35(28(38)19-15-33-27(29(4,30)31)16(3)26(19)32)13-12-23(25)36(34-20)22-11-10-18(14-24(22)37)17-8-9-17/h16-27,33-34,37H,5-15,32H2,1-4H3. The monoisotopic (exact) mass is 539 g/mol. The number of nitrogens with one attached hydrogen (secondary N) is 2. The van der Waals surface area contributed by atoms with E-state index in [0.717, 1.165) is 51.4 Å². The molecule has 0 radical (unpaired) electrons. The molecule has 0 bridgehead atoms. The van der Waals surface area contributed by atoms with E-state index >= 15 is 0 Å². The van der Waals surface area contributed by atoms with Crippen LogP contribution in [0.1, 0.15) is 85.5 Å². The van der Waals surface area contributed by atoms with Gasteiger partial charge in [0.1, 0.15) is 0 Å². The number of hydrogen-bond acceptors (Lipinski definition) is 6. The van der Waals surface area contributed by atoms with Gasteiger partial charge in [-0.25, -0.2) is 13.8 Å². The van der Waals surface area contributed by atoms with Crippen LogP contribution >= 0.6 is 0 Å². The molecule has 0 aromatic rings. The highest BCUT2D eigenvalue weighted by atomic mass is 19.3. The molecule has 3 saturated heterocycles. The molecule has 11 unspecified atom stereocenters. The normalized spacial score (nSPS) is 44.7. The van der Waals surface area contributed by atoms with Crippen LogP contribution in [0.4, 0.5) is 8.78 Å². The zero-order valence-electron chi connectivity index (χ0n) is 23.8. The van der Waals surface area contributed by atoms with Gasteiger partial charge in [-0.05, 0) is 69.1 Å². The predicted octanol–water partition coefficient (Wildman–Crippen LogP) is 3.12. The number of hydrogen-bond donors (Lipinski definition) is 4. The number of piperidine rings is 2. The maximum Gasteiger partial charge on any atom is 0.260 e. The fourth-order valence-electron chi connectivity index (χ4n) is 8.76. The first-order chi connectivity index (χ1) is 18.1. The Morgan fingerprint density at radius 1 is 1.11 bits per heavy atom. The molecule has 38 heavy (non-hydrogen) atoms. The van der Waals surface area contributed by atoms with Crippen LogP contribution < -0.4 is 16.5 Å². The quantitative estimate of drug-likeness (QED) is 0.397. The third kappa shape index (κ3) is 5.27. The van der Waals surface area contributed by atoms with Gasteiger partial charge in [-0.15, -0.1) is 0 Å². The summed E-state index contributed by atoms with van der Waals surface area (Å²) >= 11 is 0. The maximum absolute atomic E-state index is 14.1. The molecular weight excluding hydrogens is 488 g/mol. The Morgan fingerprint density at radius 2 is 1.82 bits per heavy atom. The number of fused-ring (bicyclic) bond motifs is 1. The van der Waals surface area contributed by atoms with Crippen LogP contribution in [0.2, 0.25) is 0 Å². The van der Waals surface area contributed by atoms with Crippen LogP contribution in [-0.4, -0.2) is 82.3 Å². The lowest BCUT2D eigenvalue weighted by atomic mass is 9.75. The van der Waals surface area contributed by atoms with Gasteiger partial charge in [0.2, 0.25) is 5.91 Å². The topological polar surface area (TPSA) is 93.9 Å². The minimum Gasteiger partial charge on any atom is -0.391 e. The molecule has 5 fully saturated rings. The molecule has 5 N–H and O–H groups in total. The molecule has 3 aliphatic heterocycles. The van der Waals surface area contributed by atoms with E-state index in [1.807, 2.05) is 4.90 Å². The second-order valence-corrected chi connectivity index (χ2v) is 13.3. The SMILES string of the molecule is CCCC1NN(C2CCC(C3CC3)CC2O)C2CCN(C(=O)C3CNC(C(C)(F)F)C(C)C3N)C(CC)C12. The molecule has 9 heteroatoms. The summed E-state index contributed by atoms with van der Waals surface area (Å²) in [5.41, 5.74) is 10.3. The molecule has 0 spiro atoms. The molecule has 2 aliphatic carbocycles. The molecule has 0 aromatic heterocycles. The lowest BCUT2D eigenvalue weighted by molar-refractivity contribution is -0.146. The van der Waals surface area contributed by atoms with Gasteiger partial charge in [0.25, 0.3) is 5.92 Å². The molecule has 2 saturated carbocycles. The van der Waals surface area contributed by atoms with Gasteiger partial charge < -0.3 is 21.1 Å². The Bertz CT molecular complexity index is 838. The fraction of sp³-hybridized carbons (Fsp3) is 0.966. The van der Waals surface area contributed by atoms with Crippen molar-refractivity contribution < 1.29 is 18.7 Å². The van der Waals surface area contributed by atoms with E-state index in [-0.39, 0.29) is 48.6 Å². The first-order valence-corrected chi connectivity index (χ1v) is 15.5. The van der Waals surface area contributed by atoms with Crippen molar-refractivity contribution in [3.8, 4) is 0 Å². The number of hydrazine groups is 1. The highest BCUT2D eigenvalue weighted by Gasteiger charge is 2.55. The van der Waals surface area contributed by atoms with Gasteiger partial charge in [0.05, 0.1) is 24.1 Å². The van der Waals surface area contributed by atoms with E-state index in [1.54, 1.807) is 6.92 Å². The number of aliphatic hydroxyl groups excluding tert-OH is 1. The van der Waals surface area contributed by atoms with Crippen molar-refractivity contribution in [2.75, 3.05) is 13.1 Å². The fourth-order valence-corrected chi connectivity index (χ4v) is 8.76. The van der Waals surface area contributed by atoms with E-state index in [0.29, 0.717) is 12.5 Å². The number of nitrogens with zero attached hydrogens (tertiary/aromatic N) is 2. The van der Waals surface area contributed by atoms with Crippen molar-refractivity contribution in [2.24, 2.45) is 35.3 Å². The van der Waals surface area contributed by atoms with Gasteiger partial charge in [-0.3, -0.25) is 10.2 Å². The van der Waals surface area contributed by atoms with Crippen molar-refractivity contribution in [2.45, 2.75) is 134 Å². The number of likely N-dealkylation sites (tertiary alicyclic amines) is 1. The van der Waals surface area contributed by atoms with Gasteiger partial charge in [-0.2, -0.15) is 0 Å². The number of amides is 1. The molecule has 218 valence electrons. The second-order valence-electron chi connectivity index (χ2n) is 13.3. The number of rotatable bonds is 7. The van der Waals surface area contributed by atoms with E-state index < -0.39 is 29.8 Å². The van der Waals surface area contributed by atoms with Crippen molar-refractivity contribution in [3.05, 3.63) is 0 Å². The lowest BCUT2D eigenvalue weighted by Gasteiger charge is -2.49. The Balaban J connectivity index is 1.31. The van der Waals surface area contributed by atoms with Gasteiger partial charge in [0, 0.05) is 50.1 Å². The summed E-state index contributed by atoms with van der Waals surface area (Å²) in [6.07, 6.45) is 9.27. The highest BCUT2D eigenvalue weighted by molar-refractivity contribution is 5.80. The smallest absolute Gasteiger partial charge is 0.260 e. The van der Waals surface area contributed by atoms with Crippen molar-refractivity contribution in [3.63, 3.8) is 0 Å². The first kappa shape index (κ1) is 28.7. The largest absolute Gasteiger partial charge is 0.391 e. The van der Waals surface area contributed by atoms with Crippen molar-refractivity contribution in [1.29, 1.82) is 0 Å². The van der Waals surface area contributed by atoms with E-state index in [1.165, 1.54) is 19.3 Å². The molecule has 0 aromatic carbocycles. The number of carbonyl (C=O) groups is 1. The summed E-state index contributed by atoms with van der Waals surface area (Å²) in [7, 11) is 0. The second kappa shape index (κ2) is 11.2. The van der Waals surface area contributed by atoms with Gasteiger partial charge in [-0.1, -0.05) is 27.2 Å². The first-order valence-electron chi connectivity index (χ1n) is 15.5. The third-order valence-corrected chi connectivity index (χ3v) is 10.9. The molecule has 7 nitrogen and oxygen atoms in total. The van der Waals surface area contributed by atoms with Crippen molar-refractivity contribution >= 4 is 5.91 Å². The minimum absolute atomic E-state index is 0.0127. The van der Waals surface area contributed by atoms with E-state index in [2.05, 4.69) is 29.6 Å². The summed E-state index contributed by atoms with van der Waals surface area (Å²) in [6, 6.07) is -0.864. The Labute approximate surface area is 227 Å². The molecule has 3 heterocycles. The van der Waals surface area contributed by atoms with E-state index in [9.17, 15) is 18.7 Å². The summed E-state index contributed by atoms with van der Waals surface area (Å²) in [5, 5.41) is 16.6. The number of nitrogens with two attached hydrogens (primary N) is 1. The molecule has 11 atom stereocenters. The number of carbonyl (C=O) groups excluding carboxylic acids is 1. The molecule has 5 rings (SSSR count). The zero-order valence-corrected chi connectivity index (χ0v) is 23.8. The van der Waals surface area contributed by atoms with Gasteiger partial charge >= 0.3 is 0 Å². The van der Waals surface area contributed by atoms with Crippen LogP contribution in [0.25, 0.3) is 0 Å². The average Bonchev–Trinajstić information content (AvgIpc) is 3.66. The third-order valence-electron chi connectivity index (χ3n) is 10.9. The van der Waals surface area contributed by atoms with Crippen LogP contribution in [0.3, 0.4) is 0 Å². The summed E-state index contributed by atoms with van der Waals surface area (Å²) < 4.78 is 28.3. The molecular formula is C29H51F2N5O2. The lowest BCUT2D eigenvalue weighted by Crippen LogP contribution is -2.66. The summed E-state index contributed by atoms with van der Waals surface area (Å²) in [5.74, 6) is -2.08. The predicted molar refractivity (Wildman–Crippen MR) is 144 cm³/mol. The Kier molecular flexibility index (Phi) is 8.44. The number of alkyl halides is 2. The van der Waals surface area contributed by atoms with Crippen LogP contribution in [-0.2, 0) is 4.79 Å². The minimum atomic E-state index is -2.88. The van der Waals surface area contributed by atoms with E-state index in [4.69, 9.17) is 5.73 Å². The average molecular weight is 540 g/mol. The maximum atomic E-state index is 14.1. The Morgan fingerprint density at radius 3 is 2.42 bits per heavy atom. The Hall–Kier alpha value is -0.870. The van der Waals surface area contributed by atoms with Crippen LogP contribution in [0.5, 0.6) is 0 Å². The zero-order chi connectivity index (χ0) is 27.4. The summed E-state index contributed by atoms with van der Waals surface area (Å²) in [4.78, 5) is 16.0. The van der Waals surface area contributed by atoms with Crippen LogP contribution in [0, 0.1) is 29.6 Å². The number of aliphatic hydroxyl groups is 1. The number of halogens is 2. The van der Waals surface area contributed by atoms with Crippen molar-refractivity contribution in [1.82, 2.24) is 20.7 Å². The van der Waals surface area contributed by atoms with Crippen LogP contribution in [0.15, 0.2) is 0 Å². The summed E-state index contributed by atoms with van der Waals surface area (Å²) in [6.45, 7) is 7.87. The molecule has 5 aliphatic rings. The highest BCUT2D eigenvalue weighted by Crippen LogP contribution is 2.47.